The van der Waals surface area contributed by atoms with Crippen LogP contribution < -0.4 is 4.90 Å². The Bertz CT molecular complexity index is 1430. The Morgan fingerprint density at radius 2 is 1.79 bits per heavy atom. The molecule has 1 spiro atoms. The van der Waals surface area contributed by atoms with E-state index in [-0.39, 0.29) is 30.6 Å². The molecule has 1 saturated heterocycles. The van der Waals surface area contributed by atoms with E-state index in [4.69, 9.17) is 16.3 Å². The van der Waals surface area contributed by atoms with E-state index in [1.54, 1.807) is 9.80 Å². The number of anilines is 2. The number of likely N-dealkylation sites (tertiary alicyclic amines) is 1. The maximum Gasteiger partial charge on any atom is 0.410 e. The third kappa shape index (κ3) is 4.60. The van der Waals surface area contributed by atoms with Crippen molar-refractivity contribution in [1.29, 1.82) is 0 Å². The highest BCUT2D eigenvalue weighted by Gasteiger charge is 2.62. The van der Waals surface area contributed by atoms with Crippen LogP contribution in [0.15, 0.2) is 66.7 Å². The number of hydrogen-bond donors (Lipinski definition) is 1. The maximum absolute atomic E-state index is 14.6. The van der Waals surface area contributed by atoms with Gasteiger partial charge in [0.1, 0.15) is 5.60 Å². The molecule has 2 aliphatic rings. The van der Waals surface area contributed by atoms with Gasteiger partial charge in [0, 0.05) is 17.3 Å². The average Bonchev–Trinajstić information content (AvgIpc) is 3.41. The highest BCUT2D eigenvalue weighted by atomic mass is 35.5. The van der Waals surface area contributed by atoms with E-state index in [0.717, 1.165) is 28.1 Å². The summed E-state index contributed by atoms with van der Waals surface area (Å²) in [5.41, 5.74) is 3.50. The molecular weight excluding hydrogens is 512 g/mol. The van der Waals surface area contributed by atoms with Crippen molar-refractivity contribution in [2.75, 3.05) is 11.4 Å². The van der Waals surface area contributed by atoms with Crippen LogP contribution in [0.2, 0.25) is 5.02 Å². The summed E-state index contributed by atoms with van der Waals surface area (Å²) in [5, 5.41) is 9.99. The smallest absolute Gasteiger partial charge is 0.410 e. The molecule has 3 aromatic carbocycles. The first-order valence-electron chi connectivity index (χ1n) is 13.4. The molecule has 2 heterocycles. The zero-order chi connectivity index (χ0) is 28.1. The zero-order valence-corrected chi connectivity index (χ0v) is 23.8. The minimum Gasteiger partial charge on any atom is -0.444 e. The third-order valence-electron chi connectivity index (χ3n) is 7.72. The van der Waals surface area contributed by atoms with Gasteiger partial charge in [0.25, 0.3) is 0 Å². The summed E-state index contributed by atoms with van der Waals surface area (Å²) in [6.45, 7) is 10.0. The third-order valence-corrected chi connectivity index (χ3v) is 8.07. The molecule has 0 aliphatic carbocycles. The molecule has 7 heteroatoms. The summed E-state index contributed by atoms with van der Waals surface area (Å²) in [7, 11) is 0. The van der Waals surface area contributed by atoms with E-state index in [0.29, 0.717) is 23.6 Å². The predicted octanol–water partition coefficient (Wildman–Crippen LogP) is 7.08. The molecule has 2 amide bonds. The lowest BCUT2D eigenvalue weighted by Gasteiger charge is -2.37. The van der Waals surface area contributed by atoms with Gasteiger partial charge in [-0.15, -0.1) is 0 Å². The highest BCUT2D eigenvalue weighted by molar-refractivity contribution is 6.31. The number of carbonyl (C=O) groups is 2. The Morgan fingerprint density at radius 3 is 2.46 bits per heavy atom. The fourth-order valence-electron chi connectivity index (χ4n) is 6.24. The number of rotatable bonds is 4. The molecule has 0 bridgehead atoms. The Labute approximate surface area is 235 Å². The van der Waals surface area contributed by atoms with E-state index < -0.39 is 11.0 Å². The maximum atomic E-state index is 14.6. The van der Waals surface area contributed by atoms with Crippen molar-refractivity contribution in [3.63, 3.8) is 0 Å². The van der Waals surface area contributed by atoms with Crippen molar-refractivity contribution in [3.8, 4) is 11.1 Å². The summed E-state index contributed by atoms with van der Waals surface area (Å²) in [5.74, 6) is -0.00485. The average molecular weight is 547 g/mol. The Hall–Kier alpha value is -3.35. The highest BCUT2D eigenvalue weighted by Crippen LogP contribution is 2.54. The van der Waals surface area contributed by atoms with Gasteiger partial charge < -0.3 is 14.7 Å². The first-order valence-corrected chi connectivity index (χ1v) is 13.8. The summed E-state index contributed by atoms with van der Waals surface area (Å²) in [4.78, 5) is 31.5. The lowest BCUT2D eigenvalue weighted by molar-refractivity contribution is -0.123. The van der Waals surface area contributed by atoms with Crippen molar-refractivity contribution in [3.05, 3.63) is 82.9 Å². The monoisotopic (exact) mass is 546 g/mol. The number of aliphatic hydroxyl groups excluding tert-OH is 1. The largest absolute Gasteiger partial charge is 0.444 e. The SMILES string of the molecule is CC(C)C1N(C(=O)OC(C)(C)C)CC[C@@]12C(=O)N(c1cccc(-c3ccc(CO)c(Cl)c3)c1)c1ccccc12. The molecule has 6 nitrogen and oxygen atoms in total. The normalized spacial score (nSPS) is 20.7. The van der Waals surface area contributed by atoms with Crippen LogP contribution in [0.4, 0.5) is 16.2 Å². The summed E-state index contributed by atoms with van der Waals surface area (Å²) in [6.07, 6.45) is 0.145. The van der Waals surface area contributed by atoms with Crippen molar-refractivity contribution in [2.45, 2.75) is 64.7 Å². The second-order valence-electron chi connectivity index (χ2n) is 11.8. The number of nitrogens with zero attached hydrogens (tertiary/aromatic N) is 2. The molecule has 5 rings (SSSR count). The number of fused-ring (bicyclic) bond motifs is 2. The van der Waals surface area contributed by atoms with Crippen molar-refractivity contribution >= 4 is 35.0 Å². The summed E-state index contributed by atoms with van der Waals surface area (Å²) < 4.78 is 5.77. The molecule has 1 unspecified atom stereocenters. The van der Waals surface area contributed by atoms with E-state index in [9.17, 15) is 14.7 Å². The van der Waals surface area contributed by atoms with Gasteiger partial charge in [0.15, 0.2) is 0 Å². The van der Waals surface area contributed by atoms with Gasteiger partial charge >= 0.3 is 6.09 Å². The summed E-state index contributed by atoms with van der Waals surface area (Å²) in [6, 6.07) is 21.0. The quantitative estimate of drug-likeness (QED) is 0.379. The van der Waals surface area contributed by atoms with Gasteiger partial charge in [-0.25, -0.2) is 4.79 Å². The molecular formula is C32H35ClN2O4. The molecule has 204 valence electrons. The van der Waals surface area contributed by atoms with Crippen LogP contribution in [0.5, 0.6) is 0 Å². The number of halogens is 1. The van der Waals surface area contributed by atoms with Crippen LogP contribution >= 0.6 is 11.6 Å². The molecule has 0 aromatic heterocycles. The number of para-hydroxylation sites is 1. The number of ether oxygens (including phenoxy) is 1. The van der Waals surface area contributed by atoms with E-state index in [1.165, 1.54) is 0 Å². The van der Waals surface area contributed by atoms with Gasteiger partial charge in [-0.2, -0.15) is 0 Å². The first-order chi connectivity index (χ1) is 18.5. The number of aliphatic hydroxyl groups is 1. The zero-order valence-electron chi connectivity index (χ0n) is 23.1. The van der Waals surface area contributed by atoms with Crippen molar-refractivity contribution in [1.82, 2.24) is 4.90 Å². The Kier molecular flexibility index (Phi) is 6.98. The van der Waals surface area contributed by atoms with E-state index in [1.807, 2.05) is 87.5 Å². The molecule has 2 aliphatic heterocycles. The molecule has 0 radical (unpaired) electrons. The molecule has 0 saturated carbocycles. The predicted molar refractivity (Wildman–Crippen MR) is 154 cm³/mol. The van der Waals surface area contributed by atoms with Crippen molar-refractivity contribution < 1.29 is 19.4 Å². The van der Waals surface area contributed by atoms with E-state index >= 15 is 0 Å². The van der Waals surface area contributed by atoms with Gasteiger partial charge in [-0.3, -0.25) is 9.69 Å². The van der Waals surface area contributed by atoms with Gasteiger partial charge in [0.2, 0.25) is 5.91 Å². The topological polar surface area (TPSA) is 70.1 Å². The number of carbonyl (C=O) groups excluding carboxylic acids is 2. The minimum absolute atomic E-state index is 0.0236. The lowest BCUT2D eigenvalue weighted by Crippen LogP contribution is -2.53. The second kappa shape index (κ2) is 10.00. The summed E-state index contributed by atoms with van der Waals surface area (Å²) >= 11 is 6.38. The fraction of sp³-hybridized carbons (Fsp3) is 0.375. The van der Waals surface area contributed by atoms with Crippen LogP contribution in [-0.2, 0) is 21.6 Å². The number of benzene rings is 3. The van der Waals surface area contributed by atoms with Crippen LogP contribution in [0.3, 0.4) is 0 Å². The van der Waals surface area contributed by atoms with Crippen LogP contribution in [0.1, 0.15) is 52.2 Å². The van der Waals surface area contributed by atoms with Crippen LogP contribution in [0.25, 0.3) is 11.1 Å². The first kappa shape index (κ1) is 27.2. The second-order valence-corrected chi connectivity index (χ2v) is 12.2. The van der Waals surface area contributed by atoms with Crippen LogP contribution in [-0.4, -0.2) is 40.2 Å². The van der Waals surface area contributed by atoms with Crippen molar-refractivity contribution in [2.24, 2.45) is 5.92 Å². The molecule has 1 fully saturated rings. The lowest BCUT2D eigenvalue weighted by atomic mass is 9.71. The van der Waals surface area contributed by atoms with Crippen LogP contribution in [0, 0.1) is 5.92 Å². The minimum atomic E-state index is -0.871. The molecule has 1 N–H and O–H groups in total. The Balaban J connectivity index is 1.58. The standard InChI is InChI=1S/C32H35ClN2O4/c1-20(2)28-32(15-16-34(28)30(38)39-31(3,4)5)25-11-6-7-12-27(25)35(29(32)37)24-10-8-9-21(17-24)22-13-14-23(19-36)26(33)18-22/h6-14,17-18,20,28,36H,15-16,19H2,1-5H3/t28?,32-/m0/s1. The van der Waals surface area contributed by atoms with Gasteiger partial charge in [-0.05, 0) is 79.6 Å². The molecule has 2 atom stereocenters. The number of amides is 2. The molecule has 3 aromatic rings. The Morgan fingerprint density at radius 1 is 1.08 bits per heavy atom. The number of hydrogen-bond acceptors (Lipinski definition) is 4. The molecule has 39 heavy (non-hydrogen) atoms. The fourth-order valence-corrected chi connectivity index (χ4v) is 6.48. The van der Waals surface area contributed by atoms with E-state index in [2.05, 4.69) is 13.8 Å². The van der Waals surface area contributed by atoms with Gasteiger partial charge in [0.05, 0.1) is 23.8 Å². The van der Waals surface area contributed by atoms with Gasteiger partial charge in [-0.1, -0.05) is 67.9 Å².